The first-order chi connectivity index (χ1) is 12.2. The zero-order chi connectivity index (χ0) is 19.5. The van der Waals surface area contributed by atoms with Crippen molar-refractivity contribution in [2.45, 2.75) is 39.1 Å². The normalized spacial score (nSPS) is 11.7. The number of ether oxygens (including phenoxy) is 2. The Balaban J connectivity index is 2.33. The highest BCUT2D eigenvalue weighted by Gasteiger charge is 2.25. The predicted octanol–water partition coefficient (Wildman–Crippen LogP) is 3.84. The lowest BCUT2D eigenvalue weighted by molar-refractivity contribution is 0.310. The van der Waals surface area contributed by atoms with Gasteiger partial charge in [-0.25, -0.2) is 8.42 Å². The molecule has 2 aromatic carbocycles. The molecule has 0 aliphatic carbocycles. The van der Waals surface area contributed by atoms with Crippen LogP contribution in [0, 0.1) is 20.8 Å². The average Bonchev–Trinajstić information content (AvgIpc) is 2.55. The minimum Gasteiger partial charge on any atom is -0.493 e. The molecule has 0 fully saturated rings. The van der Waals surface area contributed by atoms with Crippen LogP contribution in [0.15, 0.2) is 35.2 Å². The maximum absolute atomic E-state index is 13.1. The second kappa shape index (κ2) is 8.10. The summed E-state index contributed by atoms with van der Waals surface area (Å²) in [5, 5.41) is 0. The first kappa shape index (κ1) is 20.3. The average molecular weight is 378 g/mol. The van der Waals surface area contributed by atoms with Gasteiger partial charge in [-0.3, -0.25) is 0 Å². The SMILES string of the molecule is CCOc1ccc(CN(C)S(=O)(=O)c2c(C)cc(C)cc2C)cc1OC. The molecule has 0 unspecified atom stereocenters. The summed E-state index contributed by atoms with van der Waals surface area (Å²) >= 11 is 0. The van der Waals surface area contributed by atoms with Gasteiger partial charge in [-0.15, -0.1) is 0 Å². The van der Waals surface area contributed by atoms with Crippen LogP contribution in [0.25, 0.3) is 0 Å². The standard InChI is InChI=1S/C20H27NO4S/c1-7-25-18-9-8-17(12-19(18)24-6)13-21(5)26(22,23)20-15(3)10-14(2)11-16(20)4/h8-12H,7,13H2,1-6H3. The van der Waals surface area contributed by atoms with Crippen LogP contribution in [0.5, 0.6) is 11.5 Å². The maximum Gasteiger partial charge on any atom is 0.243 e. The number of hydrogen-bond acceptors (Lipinski definition) is 4. The van der Waals surface area contributed by atoms with E-state index in [-0.39, 0.29) is 6.54 Å². The minimum absolute atomic E-state index is 0.248. The highest BCUT2D eigenvalue weighted by Crippen LogP contribution is 2.30. The van der Waals surface area contributed by atoms with Gasteiger partial charge in [-0.2, -0.15) is 4.31 Å². The molecular formula is C20H27NO4S. The second-order valence-corrected chi connectivity index (χ2v) is 8.39. The van der Waals surface area contributed by atoms with E-state index < -0.39 is 10.0 Å². The van der Waals surface area contributed by atoms with Crippen molar-refractivity contribution >= 4 is 10.0 Å². The van der Waals surface area contributed by atoms with Gasteiger partial charge < -0.3 is 9.47 Å². The Kier molecular flexibility index (Phi) is 6.31. The van der Waals surface area contributed by atoms with Crippen LogP contribution in [0.3, 0.4) is 0 Å². The molecule has 0 aliphatic rings. The van der Waals surface area contributed by atoms with Crippen molar-refractivity contribution in [3.8, 4) is 11.5 Å². The highest BCUT2D eigenvalue weighted by atomic mass is 32.2. The first-order valence-electron chi connectivity index (χ1n) is 8.54. The Morgan fingerprint density at radius 3 is 2.15 bits per heavy atom. The van der Waals surface area contributed by atoms with Crippen LogP contribution >= 0.6 is 0 Å². The molecule has 0 aliphatic heterocycles. The van der Waals surface area contributed by atoms with Crippen molar-refractivity contribution in [2.24, 2.45) is 0 Å². The molecule has 0 spiro atoms. The molecule has 6 heteroatoms. The van der Waals surface area contributed by atoms with Crippen molar-refractivity contribution in [2.75, 3.05) is 20.8 Å². The van der Waals surface area contributed by atoms with E-state index in [1.807, 2.05) is 52.0 Å². The third-order valence-electron chi connectivity index (χ3n) is 4.21. The predicted molar refractivity (Wildman–Crippen MR) is 103 cm³/mol. The third-order valence-corrected chi connectivity index (χ3v) is 6.32. The summed E-state index contributed by atoms with van der Waals surface area (Å²) in [6, 6.07) is 9.27. The molecule has 26 heavy (non-hydrogen) atoms. The molecule has 0 bridgehead atoms. The first-order valence-corrected chi connectivity index (χ1v) is 9.98. The van der Waals surface area contributed by atoms with Gasteiger partial charge in [0.1, 0.15) is 0 Å². The summed E-state index contributed by atoms with van der Waals surface area (Å²) in [6.45, 7) is 8.32. The van der Waals surface area contributed by atoms with E-state index in [0.29, 0.717) is 23.0 Å². The molecule has 5 nitrogen and oxygen atoms in total. The number of benzene rings is 2. The fourth-order valence-electron chi connectivity index (χ4n) is 3.16. The van der Waals surface area contributed by atoms with E-state index in [9.17, 15) is 8.42 Å². The number of aryl methyl sites for hydroxylation is 3. The fourth-order valence-corrected chi connectivity index (χ4v) is 4.72. The van der Waals surface area contributed by atoms with Gasteiger partial charge in [0.05, 0.1) is 18.6 Å². The summed E-state index contributed by atoms with van der Waals surface area (Å²) in [6.07, 6.45) is 0. The van der Waals surface area contributed by atoms with Gasteiger partial charge in [-0.05, 0) is 56.5 Å². The zero-order valence-electron chi connectivity index (χ0n) is 16.3. The van der Waals surface area contributed by atoms with Gasteiger partial charge in [0.25, 0.3) is 0 Å². The Hall–Kier alpha value is -2.05. The van der Waals surface area contributed by atoms with E-state index in [4.69, 9.17) is 9.47 Å². The van der Waals surface area contributed by atoms with Crippen molar-refractivity contribution in [3.05, 3.63) is 52.6 Å². The molecule has 0 atom stereocenters. The van der Waals surface area contributed by atoms with Crippen molar-refractivity contribution < 1.29 is 17.9 Å². The summed E-state index contributed by atoms with van der Waals surface area (Å²) < 4.78 is 38.4. The smallest absolute Gasteiger partial charge is 0.243 e. The van der Waals surface area contributed by atoms with Gasteiger partial charge in [0, 0.05) is 13.6 Å². The summed E-state index contributed by atoms with van der Waals surface area (Å²) in [7, 11) is -0.429. The van der Waals surface area contributed by atoms with Crippen LogP contribution < -0.4 is 9.47 Å². The molecule has 142 valence electrons. The Morgan fingerprint density at radius 1 is 1.00 bits per heavy atom. The maximum atomic E-state index is 13.1. The molecule has 0 radical (unpaired) electrons. The lowest BCUT2D eigenvalue weighted by Gasteiger charge is -2.21. The molecule has 0 saturated carbocycles. The Bertz CT molecular complexity index is 868. The minimum atomic E-state index is -3.59. The van der Waals surface area contributed by atoms with Gasteiger partial charge in [0.2, 0.25) is 10.0 Å². The van der Waals surface area contributed by atoms with E-state index in [0.717, 1.165) is 22.3 Å². The van der Waals surface area contributed by atoms with E-state index in [1.54, 1.807) is 20.2 Å². The van der Waals surface area contributed by atoms with E-state index in [1.165, 1.54) is 4.31 Å². The number of sulfonamides is 1. The number of nitrogens with zero attached hydrogens (tertiary/aromatic N) is 1. The van der Waals surface area contributed by atoms with Gasteiger partial charge in [0.15, 0.2) is 11.5 Å². The molecule has 2 aromatic rings. The van der Waals surface area contributed by atoms with Crippen molar-refractivity contribution in [1.29, 1.82) is 0 Å². The molecule has 0 amide bonds. The van der Waals surface area contributed by atoms with Crippen LogP contribution in [0.1, 0.15) is 29.2 Å². The molecular weight excluding hydrogens is 350 g/mol. The summed E-state index contributed by atoms with van der Waals surface area (Å²) in [5.41, 5.74) is 3.41. The third kappa shape index (κ3) is 4.19. The number of methoxy groups -OCH3 is 1. The van der Waals surface area contributed by atoms with E-state index in [2.05, 4.69) is 0 Å². The monoisotopic (exact) mass is 377 g/mol. The zero-order valence-corrected chi connectivity index (χ0v) is 17.1. The second-order valence-electron chi connectivity index (χ2n) is 6.41. The van der Waals surface area contributed by atoms with Gasteiger partial charge in [-0.1, -0.05) is 23.8 Å². The van der Waals surface area contributed by atoms with Crippen LogP contribution in [-0.4, -0.2) is 33.5 Å². The summed E-state index contributed by atoms with van der Waals surface area (Å²) in [5.74, 6) is 1.24. The van der Waals surface area contributed by atoms with Crippen molar-refractivity contribution in [3.63, 3.8) is 0 Å². The molecule has 0 saturated heterocycles. The van der Waals surface area contributed by atoms with E-state index >= 15 is 0 Å². The number of hydrogen-bond donors (Lipinski definition) is 0. The van der Waals surface area contributed by atoms with Crippen molar-refractivity contribution in [1.82, 2.24) is 4.31 Å². The van der Waals surface area contributed by atoms with Crippen LogP contribution in [0.2, 0.25) is 0 Å². The molecule has 2 rings (SSSR count). The fraction of sp³-hybridized carbons (Fsp3) is 0.400. The molecule has 0 aromatic heterocycles. The topological polar surface area (TPSA) is 55.8 Å². The Labute approximate surface area is 156 Å². The lowest BCUT2D eigenvalue weighted by Crippen LogP contribution is -2.28. The highest BCUT2D eigenvalue weighted by molar-refractivity contribution is 7.89. The summed E-state index contributed by atoms with van der Waals surface area (Å²) in [4.78, 5) is 0.378. The van der Waals surface area contributed by atoms with Crippen LogP contribution in [0.4, 0.5) is 0 Å². The molecule has 0 N–H and O–H groups in total. The lowest BCUT2D eigenvalue weighted by atomic mass is 10.1. The Morgan fingerprint density at radius 2 is 1.62 bits per heavy atom. The van der Waals surface area contributed by atoms with Gasteiger partial charge >= 0.3 is 0 Å². The largest absolute Gasteiger partial charge is 0.493 e. The van der Waals surface area contributed by atoms with Crippen LogP contribution in [-0.2, 0) is 16.6 Å². The quantitative estimate of drug-likeness (QED) is 0.736. The molecule has 0 heterocycles. The number of rotatable bonds is 7.